The number of fused-ring (bicyclic) bond motifs is 1. The second-order valence-corrected chi connectivity index (χ2v) is 5.71. The third-order valence-corrected chi connectivity index (χ3v) is 4.20. The molecule has 0 aliphatic heterocycles. The Morgan fingerprint density at radius 1 is 1.21 bits per heavy atom. The second kappa shape index (κ2) is 7.45. The highest BCUT2D eigenvalue weighted by Gasteiger charge is 2.27. The number of carbonyl (C=O) groups is 1. The number of benzene rings is 2. The number of rotatable bonds is 6. The summed E-state index contributed by atoms with van der Waals surface area (Å²) in [5.74, 6) is 0.0992. The first-order valence-corrected chi connectivity index (χ1v) is 7.99. The Kier molecular flexibility index (Phi) is 5.11. The van der Waals surface area contributed by atoms with E-state index in [1.54, 1.807) is 31.4 Å². The van der Waals surface area contributed by atoms with Gasteiger partial charge in [0.05, 0.1) is 18.2 Å². The van der Waals surface area contributed by atoms with Gasteiger partial charge < -0.3 is 14.8 Å². The van der Waals surface area contributed by atoms with Gasteiger partial charge in [0, 0.05) is 7.11 Å². The summed E-state index contributed by atoms with van der Waals surface area (Å²) in [7, 11) is 1.60. The van der Waals surface area contributed by atoms with Crippen molar-refractivity contribution >= 4 is 5.91 Å². The Bertz CT molecular complexity index is 732. The van der Waals surface area contributed by atoms with E-state index in [9.17, 15) is 9.18 Å². The molecule has 0 spiro atoms. The van der Waals surface area contributed by atoms with Crippen LogP contribution in [0.3, 0.4) is 0 Å². The van der Waals surface area contributed by atoms with Gasteiger partial charge in [-0.15, -0.1) is 0 Å². The van der Waals surface area contributed by atoms with Crippen molar-refractivity contribution in [2.75, 3.05) is 20.3 Å². The van der Waals surface area contributed by atoms with E-state index in [0.29, 0.717) is 42.9 Å². The molecule has 2 aromatic rings. The molecular weight excluding hydrogens is 309 g/mol. The van der Waals surface area contributed by atoms with E-state index in [4.69, 9.17) is 9.47 Å². The smallest absolute Gasteiger partial charge is 0.255 e. The molecule has 1 unspecified atom stereocenters. The van der Waals surface area contributed by atoms with Crippen molar-refractivity contribution < 1.29 is 18.7 Å². The second-order valence-electron chi connectivity index (χ2n) is 5.71. The lowest BCUT2D eigenvalue weighted by atomic mass is 10.1. The van der Waals surface area contributed by atoms with Crippen LogP contribution in [0.1, 0.15) is 33.9 Å². The van der Waals surface area contributed by atoms with Gasteiger partial charge in [0.15, 0.2) is 0 Å². The van der Waals surface area contributed by atoms with Crippen LogP contribution in [0.25, 0.3) is 0 Å². The zero-order valence-electron chi connectivity index (χ0n) is 13.5. The van der Waals surface area contributed by atoms with Gasteiger partial charge in [-0.3, -0.25) is 4.79 Å². The molecule has 0 heterocycles. The molecule has 0 saturated carbocycles. The maximum Gasteiger partial charge on any atom is 0.255 e. The zero-order chi connectivity index (χ0) is 16.9. The fourth-order valence-electron chi connectivity index (χ4n) is 3.01. The molecule has 24 heavy (non-hydrogen) atoms. The fourth-order valence-corrected chi connectivity index (χ4v) is 3.01. The van der Waals surface area contributed by atoms with Crippen molar-refractivity contribution in [3.05, 3.63) is 65.0 Å². The third kappa shape index (κ3) is 3.41. The molecule has 3 rings (SSSR count). The van der Waals surface area contributed by atoms with E-state index in [0.717, 1.165) is 5.56 Å². The summed E-state index contributed by atoms with van der Waals surface area (Å²) < 4.78 is 24.4. The van der Waals surface area contributed by atoms with Crippen LogP contribution in [0.2, 0.25) is 0 Å². The average molecular weight is 329 g/mol. The maximum atomic E-state index is 13.8. The molecule has 1 N–H and O–H groups in total. The van der Waals surface area contributed by atoms with Gasteiger partial charge in [-0.1, -0.05) is 24.3 Å². The van der Waals surface area contributed by atoms with E-state index in [-0.39, 0.29) is 17.8 Å². The summed E-state index contributed by atoms with van der Waals surface area (Å²) in [6.07, 6.45) is 1.34. The van der Waals surface area contributed by atoms with Gasteiger partial charge in [-0.25, -0.2) is 4.39 Å². The minimum Gasteiger partial charge on any atom is -0.490 e. The Hall–Kier alpha value is -2.40. The molecule has 0 bridgehead atoms. The highest BCUT2D eigenvalue weighted by atomic mass is 19.1. The monoisotopic (exact) mass is 329 g/mol. The van der Waals surface area contributed by atoms with Crippen molar-refractivity contribution in [3.63, 3.8) is 0 Å². The van der Waals surface area contributed by atoms with Crippen molar-refractivity contribution in [2.24, 2.45) is 0 Å². The van der Waals surface area contributed by atoms with Crippen molar-refractivity contribution in [3.8, 4) is 5.75 Å². The minimum atomic E-state index is -0.217. The van der Waals surface area contributed by atoms with Crippen LogP contribution in [0.5, 0.6) is 5.75 Å². The number of ether oxygens (including phenoxy) is 2. The number of para-hydroxylation sites is 1. The molecule has 0 saturated heterocycles. The largest absolute Gasteiger partial charge is 0.490 e. The van der Waals surface area contributed by atoms with Crippen molar-refractivity contribution in [1.29, 1.82) is 0 Å². The van der Waals surface area contributed by atoms with Crippen LogP contribution in [0.4, 0.5) is 4.39 Å². The standard InChI is InChI=1S/C19H20FNO3/c1-23-11-12-24-18-8-3-2-5-15(18)19(22)21-17-10-9-13-14(17)6-4-7-16(13)20/h2-8,17H,9-12H2,1H3,(H,21,22). The molecule has 1 aliphatic rings. The zero-order valence-corrected chi connectivity index (χ0v) is 13.5. The van der Waals surface area contributed by atoms with Crippen LogP contribution >= 0.6 is 0 Å². The first-order chi connectivity index (χ1) is 11.7. The minimum absolute atomic E-state index is 0.171. The summed E-state index contributed by atoms with van der Waals surface area (Å²) in [5.41, 5.74) is 2.03. The van der Waals surface area contributed by atoms with Gasteiger partial charge in [-0.05, 0) is 42.2 Å². The van der Waals surface area contributed by atoms with E-state index in [1.165, 1.54) is 6.07 Å². The molecule has 1 amide bonds. The number of halogens is 1. The lowest BCUT2D eigenvalue weighted by Gasteiger charge is -2.16. The van der Waals surface area contributed by atoms with E-state index >= 15 is 0 Å². The number of methoxy groups -OCH3 is 1. The number of hydrogen-bond donors (Lipinski definition) is 1. The predicted octanol–water partition coefficient (Wildman–Crippen LogP) is 3.27. The third-order valence-electron chi connectivity index (χ3n) is 4.20. The van der Waals surface area contributed by atoms with Gasteiger partial charge in [0.2, 0.25) is 0 Å². The highest BCUT2D eigenvalue weighted by molar-refractivity contribution is 5.97. The quantitative estimate of drug-likeness (QED) is 0.828. The Morgan fingerprint density at radius 3 is 2.88 bits per heavy atom. The van der Waals surface area contributed by atoms with E-state index in [1.807, 2.05) is 12.1 Å². The molecule has 1 aliphatic carbocycles. The Labute approximate surface area is 140 Å². The molecular formula is C19H20FNO3. The van der Waals surface area contributed by atoms with E-state index < -0.39 is 0 Å². The summed E-state index contributed by atoms with van der Waals surface area (Å²) in [5, 5.41) is 2.99. The van der Waals surface area contributed by atoms with Crippen LogP contribution in [-0.4, -0.2) is 26.2 Å². The molecule has 2 aromatic carbocycles. The highest BCUT2D eigenvalue weighted by Crippen LogP contribution is 2.33. The number of carbonyl (C=O) groups excluding carboxylic acids is 1. The van der Waals surface area contributed by atoms with Gasteiger partial charge in [0.1, 0.15) is 18.2 Å². The molecule has 1 atom stereocenters. The summed E-state index contributed by atoms with van der Waals surface area (Å²) in [4.78, 5) is 12.6. The van der Waals surface area contributed by atoms with E-state index in [2.05, 4.69) is 5.32 Å². The predicted molar refractivity (Wildman–Crippen MR) is 88.7 cm³/mol. The molecule has 0 aromatic heterocycles. The summed E-state index contributed by atoms with van der Waals surface area (Å²) >= 11 is 0. The topological polar surface area (TPSA) is 47.6 Å². The number of amides is 1. The number of hydrogen-bond acceptors (Lipinski definition) is 3. The van der Waals surface area contributed by atoms with Crippen molar-refractivity contribution in [2.45, 2.75) is 18.9 Å². The SMILES string of the molecule is COCCOc1ccccc1C(=O)NC1CCc2c(F)cccc21. The van der Waals surface area contributed by atoms with Gasteiger partial charge >= 0.3 is 0 Å². The Balaban J connectivity index is 1.74. The molecule has 4 nitrogen and oxygen atoms in total. The lowest BCUT2D eigenvalue weighted by Crippen LogP contribution is -2.27. The Morgan fingerprint density at radius 2 is 2.04 bits per heavy atom. The maximum absolute atomic E-state index is 13.8. The van der Waals surface area contributed by atoms with Crippen LogP contribution in [-0.2, 0) is 11.2 Å². The normalized spacial score (nSPS) is 15.8. The van der Waals surface area contributed by atoms with Crippen LogP contribution in [0.15, 0.2) is 42.5 Å². The molecule has 126 valence electrons. The first kappa shape index (κ1) is 16.5. The molecule has 0 fully saturated rings. The summed E-state index contributed by atoms with van der Waals surface area (Å²) in [6, 6.07) is 11.9. The average Bonchev–Trinajstić information content (AvgIpc) is 3.00. The fraction of sp³-hybridized carbons (Fsp3) is 0.316. The van der Waals surface area contributed by atoms with Gasteiger partial charge in [0.25, 0.3) is 5.91 Å². The first-order valence-electron chi connectivity index (χ1n) is 7.99. The number of nitrogens with one attached hydrogen (secondary N) is 1. The van der Waals surface area contributed by atoms with Gasteiger partial charge in [-0.2, -0.15) is 0 Å². The lowest BCUT2D eigenvalue weighted by molar-refractivity contribution is 0.0929. The van der Waals surface area contributed by atoms with Crippen molar-refractivity contribution in [1.82, 2.24) is 5.32 Å². The summed E-state index contributed by atoms with van der Waals surface area (Å²) in [6.45, 7) is 0.823. The van der Waals surface area contributed by atoms with Crippen LogP contribution < -0.4 is 10.1 Å². The van der Waals surface area contributed by atoms with Crippen LogP contribution in [0, 0.1) is 5.82 Å². The molecule has 0 radical (unpaired) electrons. The molecule has 5 heteroatoms.